The summed E-state index contributed by atoms with van der Waals surface area (Å²) in [6, 6.07) is 6.39. The van der Waals surface area contributed by atoms with Crippen LogP contribution < -0.4 is 10.1 Å². The maximum atomic E-state index is 5.46. The number of aryl methyl sites for hydroxylation is 1. The molecule has 0 unspecified atom stereocenters. The van der Waals surface area contributed by atoms with Gasteiger partial charge >= 0.3 is 0 Å². The van der Waals surface area contributed by atoms with Gasteiger partial charge in [-0.25, -0.2) is 0 Å². The molecule has 0 radical (unpaired) electrons. The first-order chi connectivity index (χ1) is 9.49. The monoisotopic (exact) mass is 289 g/mol. The van der Waals surface area contributed by atoms with E-state index >= 15 is 0 Å². The highest BCUT2D eigenvalue weighted by Crippen LogP contribution is 2.22. The minimum absolute atomic E-state index is 0.342. The molecule has 0 saturated heterocycles. The fraction of sp³-hybridized carbons (Fsp3) is 0.471. The molecular weight excluding hydrogens is 266 g/mol. The van der Waals surface area contributed by atoms with Crippen LogP contribution in [0.2, 0.25) is 0 Å². The van der Waals surface area contributed by atoms with Crippen molar-refractivity contribution in [3.05, 3.63) is 29.3 Å². The highest BCUT2D eigenvalue weighted by Gasteiger charge is 2.11. The maximum Gasteiger partial charge on any atom is 0.122 e. The van der Waals surface area contributed by atoms with Gasteiger partial charge in [0, 0.05) is 18.0 Å². The number of methoxy groups -OCH3 is 1. The zero-order valence-corrected chi connectivity index (χ0v) is 13.5. The van der Waals surface area contributed by atoms with Crippen molar-refractivity contribution in [3.8, 4) is 18.1 Å². The standard InChI is InChI=1S/C17H23NOS/c1-6-7-8-14-9-10-15(11-16(14)19-5)17(20)18-13(4)12(2)3/h1,9-13H,7-8H2,2-5H3,(H,18,20)/t13-/m0/s1. The molecule has 1 rings (SSSR count). The molecule has 2 nitrogen and oxygen atoms in total. The second-order valence-corrected chi connectivity index (χ2v) is 5.65. The molecule has 0 aliphatic carbocycles. The third kappa shape index (κ3) is 4.54. The molecule has 20 heavy (non-hydrogen) atoms. The van der Waals surface area contributed by atoms with Crippen LogP contribution in [0.15, 0.2) is 18.2 Å². The Bertz CT molecular complexity index is 502. The molecule has 0 aliphatic rings. The summed E-state index contributed by atoms with van der Waals surface area (Å²) >= 11 is 5.46. The van der Waals surface area contributed by atoms with Gasteiger partial charge in [-0.05, 0) is 30.9 Å². The first kappa shape index (κ1) is 16.5. The van der Waals surface area contributed by atoms with Crippen LogP contribution in [0.4, 0.5) is 0 Å². The SMILES string of the molecule is C#CCCc1ccc(C(=S)N[C@@H](C)C(C)C)cc1OC. The minimum atomic E-state index is 0.342. The molecule has 1 aromatic carbocycles. The van der Waals surface area contributed by atoms with Crippen LogP contribution in [-0.4, -0.2) is 18.1 Å². The number of ether oxygens (including phenoxy) is 1. The summed E-state index contributed by atoms with van der Waals surface area (Å²) in [5.41, 5.74) is 2.10. The van der Waals surface area contributed by atoms with Crippen molar-refractivity contribution < 1.29 is 4.74 Å². The Morgan fingerprint density at radius 3 is 2.65 bits per heavy atom. The third-order valence-electron chi connectivity index (χ3n) is 3.45. The molecule has 0 aromatic heterocycles. The van der Waals surface area contributed by atoms with E-state index in [2.05, 4.69) is 32.0 Å². The van der Waals surface area contributed by atoms with E-state index in [1.165, 1.54) is 0 Å². The molecule has 1 atom stereocenters. The van der Waals surface area contributed by atoms with Gasteiger partial charge in [0.05, 0.1) is 7.11 Å². The Balaban J connectivity index is 2.87. The predicted octanol–water partition coefficient (Wildman–Crippen LogP) is 3.57. The van der Waals surface area contributed by atoms with Crippen molar-refractivity contribution in [2.45, 2.75) is 39.7 Å². The molecule has 0 heterocycles. The van der Waals surface area contributed by atoms with E-state index in [1.807, 2.05) is 18.2 Å². The zero-order chi connectivity index (χ0) is 15.1. The average Bonchev–Trinajstić information content (AvgIpc) is 2.44. The summed E-state index contributed by atoms with van der Waals surface area (Å²) in [5.74, 6) is 4.03. The lowest BCUT2D eigenvalue weighted by Crippen LogP contribution is -2.35. The number of nitrogens with one attached hydrogen (secondary N) is 1. The van der Waals surface area contributed by atoms with Crippen molar-refractivity contribution >= 4 is 17.2 Å². The fourth-order valence-electron chi connectivity index (χ4n) is 1.76. The quantitative estimate of drug-likeness (QED) is 0.639. The van der Waals surface area contributed by atoms with Gasteiger partial charge in [0.2, 0.25) is 0 Å². The third-order valence-corrected chi connectivity index (χ3v) is 3.80. The summed E-state index contributed by atoms with van der Waals surface area (Å²) in [7, 11) is 1.67. The summed E-state index contributed by atoms with van der Waals surface area (Å²) < 4.78 is 5.43. The van der Waals surface area contributed by atoms with Crippen LogP contribution in [0, 0.1) is 18.3 Å². The summed E-state index contributed by atoms with van der Waals surface area (Å²) in [6.07, 6.45) is 6.84. The Hall–Kier alpha value is -1.53. The van der Waals surface area contributed by atoms with Gasteiger partial charge < -0.3 is 10.1 Å². The van der Waals surface area contributed by atoms with Gasteiger partial charge in [-0.2, -0.15) is 0 Å². The number of hydrogen-bond donors (Lipinski definition) is 1. The Kier molecular flexibility index (Phi) is 6.54. The van der Waals surface area contributed by atoms with Gasteiger partial charge in [0.15, 0.2) is 0 Å². The van der Waals surface area contributed by atoms with E-state index in [1.54, 1.807) is 7.11 Å². The topological polar surface area (TPSA) is 21.3 Å². The molecule has 0 saturated carbocycles. The van der Waals surface area contributed by atoms with Crippen molar-refractivity contribution in [2.75, 3.05) is 7.11 Å². The van der Waals surface area contributed by atoms with Crippen molar-refractivity contribution in [2.24, 2.45) is 5.92 Å². The lowest BCUT2D eigenvalue weighted by atomic mass is 10.0. The molecule has 1 aromatic rings. The Morgan fingerprint density at radius 1 is 1.40 bits per heavy atom. The molecule has 3 heteroatoms. The summed E-state index contributed by atoms with van der Waals surface area (Å²) in [5, 5.41) is 3.35. The van der Waals surface area contributed by atoms with E-state index in [4.69, 9.17) is 23.4 Å². The van der Waals surface area contributed by atoms with Crippen molar-refractivity contribution in [3.63, 3.8) is 0 Å². The van der Waals surface area contributed by atoms with Gasteiger partial charge in [-0.1, -0.05) is 38.2 Å². The second kappa shape index (κ2) is 7.91. The largest absolute Gasteiger partial charge is 0.496 e. The number of rotatable bonds is 6. The molecule has 0 aliphatic heterocycles. The minimum Gasteiger partial charge on any atom is -0.496 e. The van der Waals surface area contributed by atoms with E-state index in [0.29, 0.717) is 18.4 Å². The van der Waals surface area contributed by atoms with Crippen molar-refractivity contribution in [1.29, 1.82) is 0 Å². The fourth-order valence-corrected chi connectivity index (χ4v) is 2.07. The normalized spacial score (nSPS) is 11.8. The Labute approximate surface area is 127 Å². The number of benzene rings is 1. The molecule has 0 spiro atoms. The highest BCUT2D eigenvalue weighted by atomic mass is 32.1. The predicted molar refractivity (Wildman–Crippen MR) is 89.3 cm³/mol. The van der Waals surface area contributed by atoms with Gasteiger partial charge in [-0.3, -0.25) is 0 Å². The number of terminal acetylenes is 1. The molecule has 1 N–H and O–H groups in total. The molecule has 0 bridgehead atoms. The molecule has 0 amide bonds. The number of hydrogen-bond acceptors (Lipinski definition) is 2. The van der Waals surface area contributed by atoms with E-state index < -0.39 is 0 Å². The first-order valence-corrected chi connectivity index (χ1v) is 7.31. The highest BCUT2D eigenvalue weighted by molar-refractivity contribution is 7.80. The smallest absolute Gasteiger partial charge is 0.122 e. The van der Waals surface area contributed by atoms with Crippen LogP contribution in [0.1, 0.15) is 38.3 Å². The zero-order valence-electron chi connectivity index (χ0n) is 12.7. The average molecular weight is 289 g/mol. The lowest BCUT2D eigenvalue weighted by molar-refractivity contribution is 0.409. The van der Waals surface area contributed by atoms with Crippen molar-refractivity contribution in [1.82, 2.24) is 5.32 Å². The van der Waals surface area contributed by atoms with Crippen LogP contribution in [-0.2, 0) is 6.42 Å². The molecule has 0 fully saturated rings. The summed E-state index contributed by atoms with van der Waals surface area (Å²) in [6.45, 7) is 6.48. The van der Waals surface area contributed by atoms with E-state index in [-0.39, 0.29) is 0 Å². The van der Waals surface area contributed by atoms with Crippen LogP contribution in [0.25, 0.3) is 0 Å². The lowest BCUT2D eigenvalue weighted by Gasteiger charge is -2.20. The molecular formula is C17H23NOS. The van der Waals surface area contributed by atoms with Crippen LogP contribution >= 0.6 is 12.2 Å². The summed E-state index contributed by atoms with van der Waals surface area (Å²) in [4.78, 5) is 0.757. The van der Waals surface area contributed by atoms with Crippen LogP contribution in [0.5, 0.6) is 5.75 Å². The second-order valence-electron chi connectivity index (χ2n) is 5.24. The Morgan fingerprint density at radius 2 is 2.10 bits per heavy atom. The first-order valence-electron chi connectivity index (χ1n) is 6.90. The van der Waals surface area contributed by atoms with Gasteiger partial charge in [-0.15, -0.1) is 12.3 Å². The van der Waals surface area contributed by atoms with E-state index in [9.17, 15) is 0 Å². The number of thiocarbonyl (C=S) groups is 1. The van der Waals surface area contributed by atoms with Gasteiger partial charge in [0.25, 0.3) is 0 Å². The molecule has 108 valence electrons. The maximum absolute atomic E-state index is 5.46. The van der Waals surface area contributed by atoms with Gasteiger partial charge in [0.1, 0.15) is 10.7 Å². The van der Waals surface area contributed by atoms with E-state index in [0.717, 1.165) is 28.3 Å². The van der Waals surface area contributed by atoms with Crippen LogP contribution in [0.3, 0.4) is 0 Å².